The first-order valence-corrected chi connectivity index (χ1v) is 27.7. The van der Waals surface area contributed by atoms with Crippen molar-refractivity contribution < 1.29 is 82.3 Å². The summed E-state index contributed by atoms with van der Waals surface area (Å²) in [5.74, 6) is -4.46. The average Bonchev–Trinajstić information content (AvgIpc) is 3.91. The Balaban J connectivity index is 1.16. The van der Waals surface area contributed by atoms with Crippen LogP contribution in [0.1, 0.15) is 177 Å². The molecule has 2 unspecified atom stereocenters. The van der Waals surface area contributed by atoms with E-state index in [0.29, 0.717) is 6.42 Å². The van der Waals surface area contributed by atoms with Gasteiger partial charge in [-0.15, -0.1) is 0 Å². The minimum Gasteiger partial charge on any atom is -0.455 e. The molecule has 13 atom stereocenters. The Morgan fingerprint density at radius 3 is 2.13 bits per heavy atom. The Morgan fingerprint density at radius 2 is 1.53 bits per heavy atom. The van der Waals surface area contributed by atoms with Crippen LogP contribution >= 0.6 is 0 Å². The van der Waals surface area contributed by atoms with Gasteiger partial charge in [-0.1, -0.05) is 115 Å². The van der Waals surface area contributed by atoms with Gasteiger partial charge in [0.1, 0.15) is 48.3 Å². The van der Waals surface area contributed by atoms with Crippen LogP contribution < -0.4 is 5.32 Å². The monoisotopic (exact) mass is 1070 g/mol. The number of unbranched alkanes of at least 4 members (excludes halogenated alkanes) is 11. The predicted molar refractivity (Wildman–Crippen MR) is 278 cm³/mol. The van der Waals surface area contributed by atoms with Gasteiger partial charge in [-0.3, -0.25) is 9.59 Å². The molecule has 2 aliphatic heterocycles. The standard InChI is InChI=1S/C58H87NO17/c1-10-11-12-13-14-15-16-17-18-19-20-21-22-23-27-30-43-69-33-39(72-43)34-70-53(67)74-47(45(38-28-25-24-26-29-38)59-52(66)76-54(4,5)6)51(65)73-40-32-58(68)50(64)48-56(9,49(63)46(62)44(36(40)2)55(58,7)8)41(61)31-42-57(48,35-71-42)75-37(3)60/h17-18,24-26,28-29,39-43,45-48,50,61-62,64,68H,10-16,19-23,27,30-35H2,1-9H3,(H,59,66)/b18-17-/t39?,40-,41-,42+,43?,45-,46+,47+,48-,50-,56+,57-,58+/m0/s1. The molecule has 4 fully saturated rings. The summed E-state index contributed by atoms with van der Waals surface area (Å²) >= 11 is 0. The van der Waals surface area contributed by atoms with Crippen LogP contribution in [0.25, 0.3) is 0 Å². The fourth-order valence-corrected chi connectivity index (χ4v) is 12.2. The average molecular weight is 1070 g/mol. The molecule has 1 amide bonds. The summed E-state index contributed by atoms with van der Waals surface area (Å²) in [5, 5.41) is 52.3. The van der Waals surface area contributed by atoms with Crippen molar-refractivity contribution in [1.82, 2.24) is 5.32 Å². The van der Waals surface area contributed by atoms with Crippen LogP contribution in [0.3, 0.4) is 0 Å². The smallest absolute Gasteiger partial charge is 0.455 e. The molecule has 6 rings (SSSR count). The first kappa shape index (κ1) is 60.8. The predicted octanol–water partition coefficient (Wildman–Crippen LogP) is 8.33. The van der Waals surface area contributed by atoms with Gasteiger partial charge in [0.25, 0.3) is 0 Å². The van der Waals surface area contributed by atoms with Crippen LogP contribution in [-0.2, 0) is 52.3 Å². The highest BCUT2D eigenvalue weighted by Crippen LogP contribution is 2.63. The van der Waals surface area contributed by atoms with Crippen molar-refractivity contribution in [3.63, 3.8) is 0 Å². The fraction of sp³-hybridized carbons (Fsp3) is 0.741. The minimum absolute atomic E-state index is 0.0822. The Bertz CT molecular complexity index is 2210. The first-order chi connectivity index (χ1) is 35.9. The molecule has 0 radical (unpaired) electrons. The third-order valence-electron chi connectivity index (χ3n) is 16.5. The number of benzene rings is 1. The topological polar surface area (TPSA) is 252 Å². The highest BCUT2D eigenvalue weighted by molar-refractivity contribution is 5.93. The Labute approximate surface area is 448 Å². The van der Waals surface area contributed by atoms with Crippen LogP contribution in [0.4, 0.5) is 9.59 Å². The molecule has 3 aliphatic carbocycles. The van der Waals surface area contributed by atoms with Gasteiger partial charge in [0, 0.05) is 31.1 Å². The van der Waals surface area contributed by atoms with Gasteiger partial charge in [-0.2, -0.15) is 0 Å². The second kappa shape index (κ2) is 26.0. The minimum atomic E-state index is -2.38. The number of fused-ring (bicyclic) bond motifs is 5. The zero-order chi connectivity index (χ0) is 55.6. The fourth-order valence-electron chi connectivity index (χ4n) is 12.2. The first-order valence-electron chi connectivity index (χ1n) is 27.7. The maximum atomic E-state index is 14.9. The molecule has 18 nitrogen and oxygen atoms in total. The maximum Gasteiger partial charge on any atom is 0.509 e. The summed E-state index contributed by atoms with van der Waals surface area (Å²) in [5.41, 5.74) is -8.33. The third kappa shape index (κ3) is 13.7. The summed E-state index contributed by atoms with van der Waals surface area (Å²) in [7, 11) is 0. The number of amides is 1. The molecule has 2 heterocycles. The Kier molecular flexibility index (Phi) is 20.8. The number of carbonyl (C=O) groups excluding carboxylic acids is 5. The Hall–Kier alpha value is -4.43. The molecule has 2 saturated carbocycles. The number of nitrogens with one attached hydrogen (secondary N) is 1. The zero-order valence-corrected chi connectivity index (χ0v) is 46.3. The van der Waals surface area contributed by atoms with Gasteiger partial charge < -0.3 is 63.6 Å². The number of hydrogen-bond acceptors (Lipinski definition) is 17. The highest BCUT2D eigenvalue weighted by atomic mass is 16.8. The van der Waals surface area contributed by atoms with E-state index in [1.807, 2.05) is 0 Å². The Morgan fingerprint density at radius 1 is 0.895 bits per heavy atom. The molecular weight excluding hydrogens is 983 g/mol. The van der Waals surface area contributed by atoms with Gasteiger partial charge >= 0.3 is 24.2 Å². The molecule has 0 spiro atoms. The van der Waals surface area contributed by atoms with Crippen LogP contribution in [-0.4, -0.2) is 136 Å². The number of aliphatic hydroxyl groups excluding tert-OH is 3. The molecule has 0 aromatic heterocycles. The molecule has 2 bridgehead atoms. The lowest BCUT2D eigenvalue weighted by atomic mass is 9.44. The molecule has 76 heavy (non-hydrogen) atoms. The maximum absolute atomic E-state index is 14.9. The number of ether oxygens (including phenoxy) is 8. The molecule has 1 aromatic rings. The van der Waals surface area contributed by atoms with E-state index in [9.17, 15) is 44.4 Å². The summed E-state index contributed by atoms with van der Waals surface area (Å²) < 4.78 is 46.6. The van der Waals surface area contributed by atoms with Crippen molar-refractivity contribution in [1.29, 1.82) is 0 Å². The van der Waals surface area contributed by atoms with E-state index >= 15 is 0 Å². The lowest BCUT2D eigenvalue weighted by molar-refractivity contribution is -0.346. The number of ketones is 1. The van der Waals surface area contributed by atoms with Crippen LogP contribution in [0.5, 0.6) is 0 Å². The number of allylic oxidation sites excluding steroid dienone is 2. The van der Waals surface area contributed by atoms with Crippen LogP contribution in [0.2, 0.25) is 0 Å². The van der Waals surface area contributed by atoms with E-state index in [4.69, 9.17) is 37.9 Å². The van der Waals surface area contributed by atoms with E-state index in [1.165, 1.54) is 66.2 Å². The van der Waals surface area contributed by atoms with Gasteiger partial charge in [0.05, 0.1) is 30.8 Å². The second-order valence-electron chi connectivity index (χ2n) is 23.4. The normalized spacial score (nSPS) is 31.7. The number of rotatable bonds is 24. The number of alkyl carbamates (subject to hydrolysis) is 1. The number of carbonyl (C=O) groups is 5. The summed E-state index contributed by atoms with van der Waals surface area (Å²) in [6.45, 7) is 13.8. The second-order valence-corrected chi connectivity index (χ2v) is 23.4. The van der Waals surface area contributed by atoms with Crippen LogP contribution in [0.15, 0.2) is 53.6 Å². The molecule has 5 aliphatic rings. The van der Waals surface area contributed by atoms with Crippen LogP contribution in [0, 0.1) is 16.7 Å². The molecular formula is C58H87NO17. The molecule has 2 saturated heterocycles. The lowest BCUT2D eigenvalue weighted by Crippen LogP contribution is -2.81. The van der Waals surface area contributed by atoms with Gasteiger partial charge in [-0.05, 0) is 89.9 Å². The highest BCUT2D eigenvalue weighted by Gasteiger charge is 2.77. The van der Waals surface area contributed by atoms with E-state index < -0.39 is 125 Å². The largest absolute Gasteiger partial charge is 0.509 e. The molecule has 5 N–H and O–H groups in total. The number of aliphatic hydroxyl groups is 4. The van der Waals surface area contributed by atoms with Crippen molar-refractivity contribution >= 4 is 30.0 Å². The molecule has 426 valence electrons. The zero-order valence-electron chi connectivity index (χ0n) is 46.3. The quantitative estimate of drug-likeness (QED) is 0.0282. The van der Waals surface area contributed by atoms with Crippen molar-refractivity contribution in [3.05, 3.63) is 59.2 Å². The SMILES string of the molecule is CCCCCCCC/C=C\CCCCCCCC1OCC(COC(=O)O[C@@H](C(=O)O[C@H]2C[C@@]3(O)[C@@H](O)[C@@H]4[C@]5(OC(C)=O)CO[C@@H]5C[C@H](O)[C@@]4(C)C(=O)[C@H](O)C(=C2C)C3(C)C)[C@@H](NC(=O)OC(C)(C)C)c2ccccc2)O1. The van der Waals surface area contributed by atoms with E-state index in [2.05, 4.69) is 24.4 Å². The van der Waals surface area contributed by atoms with Gasteiger partial charge in [-0.25, -0.2) is 14.4 Å². The summed E-state index contributed by atoms with van der Waals surface area (Å²) in [4.78, 5) is 69.7. The lowest BCUT2D eigenvalue weighted by Gasteiger charge is -2.67. The van der Waals surface area contributed by atoms with Crippen molar-refractivity contribution in [3.8, 4) is 0 Å². The van der Waals surface area contributed by atoms with Crippen molar-refractivity contribution in [2.45, 2.75) is 237 Å². The summed E-state index contributed by atoms with van der Waals surface area (Å²) in [6.07, 6.45) is 6.56. The molecule has 1 aromatic carbocycles. The summed E-state index contributed by atoms with van der Waals surface area (Å²) in [6, 6.07) is 6.67. The number of Topliss-reactive ketones (excluding diaryl/α,β-unsaturated/α-hetero) is 1. The number of hydrogen-bond donors (Lipinski definition) is 5. The van der Waals surface area contributed by atoms with Gasteiger partial charge in [0.2, 0.25) is 6.10 Å². The van der Waals surface area contributed by atoms with Crippen molar-refractivity contribution in [2.75, 3.05) is 19.8 Å². The third-order valence-corrected chi connectivity index (χ3v) is 16.5. The van der Waals surface area contributed by atoms with Gasteiger partial charge in [0.15, 0.2) is 17.7 Å². The van der Waals surface area contributed by atoms with E-state index in [0.717, 1.165) is 51.9 Å². The molecule has 18 heteroatoms. The van der Waals surface area contributed by atoms with Crippen molar-refractivity contribution in [2.24, 2.45) is 16.7 Å². The number of esters is 2. The van der Waals surface area contributed by atoms with E-state index in [-0.39, 0.29) is 43.0 Å². The van der Waals surface area contributed by atoms with E-state index in [1.54, 1.807) is 51.1 Å².